The highest BCUT2D eigenvalue weighted by Crippen LogP contribution is 2.46. The van der Waals surface area contributed by atoms with E-state index in [0.29, 0.717) is 19.3 Å². The molecule has 3 heterocycles. The zero-order valence-electron chi connectivity index (χ0n) is 22.3. The zero-order chi connectivity index (χ0) is 27.6. The van der Waals surface area contributed by atoms with Crippen LogP contribution in [0, 0.1) is 17.3 Å². The molecule has 0 radical (unpaired) electrons. The molecule has 3 N–H and O–H groups in total. The maximum Gasteiger partial charge on any atom is 0.306 e. The van der Waals surface area contributed by atoms with E-state index in [-0.39, 0.29) is 49.2 Å². The number of cyclic esters (lactones) is 1. The summed E-state index contributed by atoms with van der Waals surface area (Å²) < 4.78 is 31.7. The van der Waals surface area contributed by atoms with Crippen molar-refractivity contribution in [1.29, 1.82) is 0 Å². The smallest absolute Gasteiger partial charge is 0.306 e. The number of Topliss-reactive ketones (excluding diaryl/α,β-unsaturated/α-hetero) is 1. The molecule has 208 valence electrons. The minimum atomic E-state index is -2.18. The molecule has 2 fully saturated rings. The molecule has 0 saturated carbocycles. The number of oxazole rings is 1. The summed E-state index contributed by atoms with van der Waals surface area (Å²) in [6.07, 6.45) is 2.67. The topological polar surface area (TPSA) is 143 Å². The van der Waals surface area contributed by atoms with Crippen molar-refractivity contribution in [3.8, 4) is 0 Å². The Balaban J connectivity index is 1.85. The molecule has 2 saturated heterocycles. The second kappa shape index (κ2) is 11.3. The molecule has 0 aliphatic carbocycles. The molecular weight excluding hydrogens is 485 g/mol. The lowest BCUT2D eigenvalue weighted by molar-refractivity contribution is -0.234. The predicted octanol–water partition coefficient (Wildman–Crippen LogP) is 3.84. The van der Waals surface area contributed by atoms with Crippen LogP contribution in [-0.4, -0.2) is 55.7 Å². The Morgan fingerprint density at radius 2 is 1.95 bits per heavy atom. The Morgan fingerprint density at radius 3 is 2.57 bits per heavy atom. The van der Waals surface area contributed by atoms with Crippen LogP contribution in [-0.2, 0) is 25.7 Å². The summed E-state index contributed by atoms with van der Waals surface area (Å²) in [4.78, 5) is 30.1. The minimum Gasteiger partial charge on any atom is -0.455 e. The van der Waals surface area contributed by atoms with Crippen molar-refractivity contribution >= 4 is 17.8 Å². The number of epoxide rings is 1. The van der Waals surface area contributed by atoms with Crippen molar-refractivity contribution in [3.63, 3.8) is 0 Å². The van der Waals surface area contributed by atoms with E-state index >= 15 is 4.39 Å². The second-order valence-electron chi connectivity index (χ2n) is 11.3. The molecule has 0 bridgehead atoms. The first-order chi connectivity index (χ1) is 17.2. The summed E-state index contributed by atoms with van der Waals surface area (Å²) in [7, 11) is 0. The molecule has 37 heavy (non-hydrogen) atoms. The number of aliphatic hydroxyl groups is 3. The number of carbonyl (C=O) groups excluding carboxylic acids is 2. The van der Waals surface area contributed by atoms with Gasteiger partial charge in [-0.3, -0.25) is 9.59 Å². The van der Waals surface area contributed by atoms with Crippen LogP contribution >= 0.6 is 0 Å². The Hall–Kier alpha value is -2.14. The van der Waals surface area contributed by atoms with Gasteiger partial charge in [0.25, 0.3) is 0 Å². The van der Waals surface area contributed by atoms with Gasteiger partial charge in [0.05, 0.1) is 17.6 Å². The van der Waals surface area contributed by atoms with Crippen LogP contribution in [0.25, 0.3) is 6.08 Å². The van der Waals surface area contributed by atoms with Crippen molar-refractivity contribution in [2.24, 2.45) is 17.3 Å². The molecule has 5 unspecified atom stereocenters. The number of carbonyl (C=O) groups is 2. The van der Waals surface area contributed by atoms with Gasteiger partial charge in [-0.15, -0.1) is 0 Å². The molecule has 1 aromatic rings. The molecular formula is C27H40FNO8. The maximum atomic E-state index is 15.3. The molecule has 0 spiro atoms. The third-order valence-corrected chi connectivity index (χ3v) is 7.93. The van der Waals surface area contributed by atoms with Crippen molar-refractivity contribution in [2.75, 3.05) is 0 Å². The predicted molar refractivity (Wildman–Crippen MR) is 131 cm³/mol. The number of aliphatic hydroxyl groups excluding tert-OH is 1. The van der Waals surface area contributed by atoms with E-state index in [4.69, 9.17) is 19.0 Å². The first kappa shape index (κ1) is 29.4. The Kier molecular flexibility index (Phi) is 8.99. The average Bonchev–Trinajstić information content (AvgIpc) is 3.23. The van der Waals surface area contributed by atoms with Crippen molar-refractivity contribution < 1.29 is 43.2 Å². The van der Waals surface area contributed by atoms with E-state index in [2.05, 4.69) is 4.98 Å². The van der Waals surface area contributed by atoms with E-state index < -0.39 is 53.1 Å². The van der Waals surface area contributed by atoms with Gasteiger partial charge in [-0.25, -0.2) is 9.37 Å². The van der Waals surface area contributed by atoms with Crippen molar-refractivity contribution in [2.45, 2.75) is 110 Å². The van der Waals surface area contributed by atoms with Gasteiger partial charge in [-0.05, 0) is 32.6 Å². The highest BCUT2D eigenvalue weighted by molar-refractivity contribution is 5.87. The average molecular weight is 526 g/mol. The van der Waals surface area contributed by atoms with Gasteiger partial charge in [-0.1, -0.05) is 34.1 Å². The summed E-state index contributed by atoms with van der Waals surface area (Å²) in [6.45, 7) is 8.25. The highest BCUT2D eigenvalue weighted by Gasteiger charge is 2.53. The summed E-state index contributed by atoms with van der Waals surface area (Å²) in [5, 5.41) is 31.1. The number of aromatic nitrogens is 1. The fourth-order valence-electron chi connectivity index (χ4n) is 5.14. The fourth-order valence-corrected chi connectivity index (χ4v) is 5.14. The summed E-state index contributed by atoms with van der Waals surface area (Å²) in [6, 6.07) is 0. The normalized spacial score (nSPS) is 33.5. The standard InChI is InChI=1S/C27H40FNO8/c1-6-18-24(32)25(3,4)11-9-23(31)36-20(19(28)12-17-15-35-22(14-30)29-17)13-21-26(5,37-21)10-7-8-16(2)27(18,33)34/h12,15-16,18,20-21,30,33-34H,6-11,13-14H2,1-5H3/b19-12-. The Bertz CT molecular complexity index is 1000. The van der Waals surface area contributed by atoms with E-state index in [0.717, 1.165) is 6.08 Å². The number of ether oxygens (including phenoxy) is 2. The van der Waals surface area contributed by atoms with Crippen LogP contribution in [0.4, 0.5) is 4.39 Å². The lowest BCUT2D eigenvalue weighted by atomic mass is 9.71. The third-order valence-electron chi connectivity index (χ3n) is 7.93. The van der Waals surface area contributed by atoms with Gasteiger partial charge < -0.3 is 29.2 Å². The maximum absolute atomic E-state index is 15.3. The molecule has 9 nitrogen and oxygen atoms in total. The molecule has 3 rings (SSSR count). The SMILES string of the molecule is CCC1C(=O)C(C)(C)CCC(=O)OC(/C(F)=C/c2coc(CO)n2)CC2OC2(C)CCCC(C)C1(O)O. The summed E-state index contributed by atoms with van der Waals surface area (Å²) >= 11 is 0. The quantitative estimate of drug-likeness (QED) is 0.303. The second-order valence-corrected chi connectivity index (χ2v) is 11.3. The lowest BCUT2D eigenvalue weighted by Gasteiger charge is -2.39. The molecule has 5 atom stereocenters. The van der Waals surface area contributed by atoms with Gasteiger partial charge in [0.2, 0.25) is 5.89 Å². The fraction of sp³-hybridized carbons (Fsp3) is 0.741. The number of rotatable bonds is 4. The van der Waals surface area contributed by atoms with Crippen LogP contribution in [0.2, 0.25) is 0 Å². The number of nitrogens with zero attached hydrogens (tertiary/aromatic N) is 1. The van der Waals surface area contributed by atoms with Gasteiger partial charge in [0, 0.05) is 30.3 Å². The van der Waals surface area contributed by atoms with Gasteiger partial charge in [-0.2, -0.15) is 0 Å². The van der Waals surface area contributed by atoms with Gasteiger partial charge >= 0.3 is 5.97 Å². The number of halogens is 1. The van der Waals surface area contributed by atoms with Crippen LogP contribution in [0.1, 0.15) is 91.1 Å². The summed E-state index contributed by atoms with van der Waals surface area (Å²) in [5.41, 5.74) is -1.45. The molecule has 0 amide bonds. The molecule has 2 aliphatic rings. The molecule has 2 aliphatic heterocycles. The van der Waals surface area contributed by atoms with Crippen LogP contribution in [0.5, 0.6) is 0 Å². The van der Waals surface area contributed by atoms with Gasteiger partial charge in [0.1, 0.15) is 30.2 Å². The first-order valence-corrected chi connectivity index (χ1v) is 13.0. The number of hydrogen-bond acceptors (Lipinski definition) is 9. The van der Waals surface area contributed by atoms with Crippen molar-refractivity contribution in [1.82, 2.24) is 4.98 Å². The first-order valence-electron chi connectivity index (χ1n) is 13.0. The Labute approximate surface area is 217 Å². The van der Waals surface area contributed by atoms with E-state index in [9.17, 15) is 19.8 Å². The van der Waals surface area contributed by atoms with Gasteiger partial charge in [0.15, 0.2) is 11.9 Å². The number of ketones is 1. The van der Waals surface area contributed by atoms with Crippen molar-refractivity contribution in [3.05, 3.63) is 23.7 Å². The highest BCUT2D eigenvalue weighted by atomic mass is 19.1. The lowest BCUT2D eigenvalue weighted by Crippen LogP contribution is -2.50. The molecule has 10 heteroatoms. The minimum absolute atomic E-state index is 0.0356. The summed E-state index contributed by atoms with van der Waals surface area (Å²) in [5.74, 6) is -5.46. The van der Waals surface area contributed by atoms with Crippen LogP contribution in [0.3, 0.4) is 0 Å². The third kappa shape index (κ3) is 6.85. The zero-order valence-corrected chi connectivity index (χ0v) is 22.3. The van der Waals surface area contributed by atoms with Crippen LogP contribution in [0.15, 0.2) is 16.5 Å². The monoisotopic (exact) mass is 525 g/mol. The van der Waals surface area contributed by atoms with E-state index in [1.54, 1.807) is 27.7 Å². The van der Waals surface area contributed by atoms with E-state index in [1.165, 1.54) is 6.26 Å². The number of fused-ring (bicyclic) bond motifs is 1. The molecule has 0 aromatic carbocycles. The number of hydrogen-bond donors (Lipinski definition) is 3. The Morgan fingerprint density at radius 1 is 1.24 bits per heavy atom. The van der Waals surface area contributed by atoms with E-state index in [1.807, 2.05) is 6.92 Å². The molecule has 1 aromatic heterocycles. The number of esters is 1. The largest absolute Gasteiger partial charge is 0.455 e. The van der Waals surface area contributed by atoms with Crippen LogP contribution < -0.4 is 0 Å².